The monoisotopic (exact) mass is 286 g/mol. The minimum Gasteiger partial charge on any atom is -0.481 e. The maximum Gasteiger partial charge on any atom is 0.303 e. The number of aliphatic carboxylic acids is 1. The highest BCUT2D eigenvalue weighted by Crippen LogP contribution is 2.20. The van der Waals surface area contributed by atoms with E-state index in [0.29, 0.717) is 17.3 Å². The van der Waals surface area contributed by atoms with Crippen molar-refractivity contribution < 1.29 is 19.4 Å². The summed E-state index contributed by atoms with van der Waals surface area (Å²) in [4.78, 5) is 25.8. The molecule has 6 heteroatoms. The van der Waals surface area contributed by atoms with Crippen molar-refractivity contribution in [1.29, 1.82) is 0 Å². The lowest BCUT2D eigenvalue weighted by molar-refractivity contribution is -0.138. The van der Waals surface area contributed by atoms with Crippen LogP contribution in [0.3, 0.4) is 0 Å². The van der Waals surface area contributed by atoms with E-state index in [1.165, 1.54) is 6.20 Å². The summed E-state index contributed by atoms with van der Waals surface area (Å²) in [6.07, 6.45) is 1.19. The van der Waals surface area contributed by atoms with Crippen LogP contribution in [-0.2, 0) is 9.59 Å². The molecule has 0 saturated carbocycles. The molecule has 108 valence electrons. The lowest BCUT2D eigenvalue weighted by Gasteiger charge is -2.06. The first-order chi connectivity index (χ1) is 10.1. The first-order valence-electron chi connectivity index (χ1n) is 6.34. The van der Waals surface area contributed by atoms with Crippen molar-refractivity contribution >= 4 is 17.7 Å². The molecular weight excluding hydrogens is 272 g/mol. The van der Waals surface area contributed by atoms with E-state index in [2.05, 4.69) is 10.3 Å². The third-order valence-corrected chi connectivity index (χ3v) is 2.55. The molecule has 0 fully saturated rings. The Bertz CT molecular complexity index is 611. The average Bonchev–Trinajstić information content (AvgIpc) is 2.48. The Morgan fingerprint density at radius 1 is 1.05 bits per heavy atom. The first-order valence-corrected chi connectivity index (χ1v) is 6.34. The predicted molar refractivity (Wildman–Crippen MR) is 76.3 cm³/mol. The molecule has 1 aromatic carbocycles. The Kier molecular flexibility index (Phi) is 4.87. The molecule has 1 heterocycles. The van der Waals surface area contributed by atoms with Gasteiger partial charge in [-0.1, -0.05) is 18.2 Å². The molecule has 2 N–H and O–H groups in total. The van der Waals surface area contributed by atoms with Gasteiger partial charge in [0.1, 0.15) is 17.3 Å². The highest BCUT2D eigenvalue weighted by Gasteiger charge is 2.06. The van der Waals surface area contributed by atoms with Crippen molar-refractivity contribution in [2.75, 3.05) is 5.32 Å². The number of hydrogen-bond donors (Lipinski definition) is 2. The number of benzene rings is 1. The largest absolute Gasteiger partial charge is 0.481 e. The van der Waals surface area contributed by atoms with Crippen LogP contribution in [0.25, 0.3) is 0 Å². The molecule has 0 bridgehead atoms. The molecule has 0 aliphatic carbocycles. The normalized spacial score (nSPS) is 9.90. The second-order valence-electron chi connectivity index (χ2n) is 4.24. The molecule has 1 aromatic heterocycles. The number of carbonyl (C=O) groups excluding carboxylic acids is 1. The van der Waals surface area contributed by atoms with Crippen LogP contribution in [0.2, 0.25) is 0 Å². The quantitative estimate of drug-likeness (QED) is 0.852. The molecular formula is C15H14N2O4. The standard InChI is InChI=1S/C15H14N2O4/c18-14(8-9-15(19)20)17-13-7-6-12(10-16-13)21-11-4-2-1-3-5-11/h1-7,10H,8-9H2,(H,19,20)(H,16,17,18). The van der Waals surface area contributed by atoms with Gasteiger partial charge in [0.15, 0.2) is 0 Å². The maximum absolute atomic E-state index is 11.4. The van der Waals surface area contributed by atoms with Crippen LogP contribution < -0.4 is 10.1 Å². The number of amides is 1. The second-order valence-corrected chi connectivity index (χ2v) is 4.24. The zero-order valence-electron chi connectivity index (χ0n) is 11.2. The number of hydrogen-bond acceptors (Lipinski definition) is 4. The molecule has 0 atom stereocenters. The van der Waals surface area contributed by atoms with E-state index < -0.39 is 5.97 Å². The summed E-state index contributed by atoms with van der Waals surface area (Å²) in [5.74, 6) is 0.194. The van der Waals surface area contributed by atoms with Crippen LogP contribution >= 0.6 is 0 Å². The number of carbonyl (C=O) groups is 2. The van der Waals surface area contributed by atoms with Crippen LogP contribution in [0, 0.1) is 0 Å². The van der Waals surface area contributed by atoms with Gasteiger partial charge in [-0.3, -0.25) is 9.59 Å². The van der Waals surface area contributed by atoms with Gasteiger partial charge in [-0.2, -0.15) is 0 Å². The summed E-state index contributed by atoms with van der Waals surface area (Å²) in [6.45, 7) is 0. The van der Waals surface area contributed by atoms with E-state index >= 15 is 0 Å². The molecule has 1 amide bonds. The number of anilines is 1. The van der Waals surface area contributed by atoms with Crippen LogP contribution in [0.1, 0.15) is 12.8 Å². The second kappa shape index (κ2) is 7.04. The molecule has 2 aromatic rings. The van der Waals surface area contributed by atoms with Crippen molar-refractivity contribution in [3.63, 3.8) is 0 Å². The zero-order valence-corrected chi connectivity index (χ0v) is 11.2. The van der Waals surface area contributed by atoms with Crippen LogP contribution in [0.5, 0.6) is 11.5 Å². The molecule has 0 aliphatic rings. The summed E-state index contributed by atoms with van der Waals surface area (Å²) < 4.78 is 5.56. The molecule has 0 aliphatic heterocycles. The van der Waals surface area contributed by atoms with Gasteiger partial charge in [0, 0.05) is 6.42 Å². The van der Waals surface area contributed by atoms with E-state index in [-0.39, 0.29) is 18.7 Å². The van der Waals surface area contributed by atoms with Gasteiger partial charge in [0.2, 0.25) is 5.91 Å². The lowest BCUT2D eigenvalue weighted by atomic mass is 10.3. The van der Waals surface area contributed by atoms with Gasteiger partial charge >= 0.3 is 5.97 Å². The maximum atomic E-state index is 11.4. The van der Waals surface area contributed by atoms with Gasteiger partial charge in [-0.15, -0.1) is 0 Å². The van der Waals surface area contributed by atoms with Crippen LogP contribution in [-0.4, -0.2) is 22.0 Å². The number of carboxylic acids is 1. The Balaban J connectivity index is 1.90. The van der Waals surface area contributed by atoms with Gasteiger partial charge < -0.3 is 15.2 Å². The average molecular weight is 286 g/mol. The SMILES string of the molecule is O=C(O)CCC(=O)Nc1ccc(Oc2ccccc2)cn1. The van der Waals surface area contributed by atoms with Crippen molar-refractivity contribution in [3.8, 4) is 11.5 Å². The summed E-state index contributed by atoms with van der Waals surface area (Å²) in [6, 6.07) is 12.5. The van der Waals surface area contributed by atoms with E-state index in [0.717, 1.165) is 0 Å². The van der Waals surface area contributed by atoms with Gasteiger partial charge in [0.05, 0.1) is 12.6 Å². The fourth-order valence-electron chi connectivity index (χ4n) is 1.57. The summed E-state index contributed by atoms with van der Waals surface area (Å²) >= 11 is 0. The highest BCUT2D eigenvalue weighted by molar-refractivity contribution is 5.91. The molecule has 21 heavy (non-hydrogen) atoms. The number of aromatic nitrogens is 1. The molecule has 0 unspecified atom stereocenters. The van der Waals surface area contributed by atoms with E-state index in [1.54, 1.807) is 12.1 Å². The Morgan fingerprint density at radius 2 is 1.81 bits per heavy atom. The summed E-state index contributed by atoms with van der Waals surface area (Å²) in [7, 11) is 0. The Labute approximate surface area is 121 Å². The number of ether oxygens (including phenoxy) is 1. The molecule has 0 spiro atoms. The molecule has 6 nitrogen and oxygen atoms in total. The lowest BCUT2D eigenvalue weighted by Crippen LogP contribution is -2.13. The van der Waals surface area contributed by atoms with Crippen molar-refractivity contribution in [3.05, 3.63) is 48.7 Å². The first kappa shape index (κ1) is 14.5. The smallest absolute Gasteiger partial charge is 0.303 e. The van der Waals surface area contributed by atoms with E-state index in [4.69, 9.17) is 9.84 Å². The summed E-state index contributed by atoms with van der Waals surface area (Å²) in [5, 5.41) is 11.0. The van der Waals surface area contributed by atoms with Gasteiger partial charge in [0.25, 0.3) is 0 Å². The fourth-order valence-corrected chi connectivity index (χ4v) is 1.57. The minimum atomic E-state index is -1.01. The number of nitrogens with one attached hydrogen (secondary N) is 1. The summed E-state index contributed by atoms with van der Waals surface area (Å²) in [5.41, 5.74) is 0. The van der Waals surface area contributed by atoms with Gasteiger partial charge in [-0.05, 0) is 24.3 Å². The Hall–Kier alpha value is -2.89. The van der Waals surface area contributed by atoms with Crippen LogP contribution in [0.15, 0.2) is 48.7 Å². The Morgan fingerprint density at radius 3 is 2.43 bits per heavy atom. The number of pyridine rings is 1. The van der Waals surface area contributed by atoms with Crippen LogP contribution in [0.4, 0.5) is 5.82 Å². The molecule has 2 rings (SSSR count). The number of para-hydroxylation sites is 1. The molecule has 0 radical (unpaired) electrons. The predicted octanol–water partition coefficient (Wildman–Crippen LogP) is 2.68. The van der Waals surface area contributed by atoms with E-state index in [9.17, 15) is 9.59 Å². The number of carboxylic acid groups (broad SMARTS) is 1. The topological polar surface area (TPSA) is 88.5 Å². The molecule has 0 saturated heterocycles. The number of nitrogens with zero attached hydrogens (tertiary/aromatic N) is 1. The minimum absolute atomic E-state index is 0.0840. The third-order valence-electron chi connectivity index (χ3n) is 2.55. The van der Waals surface area contributed by atoms with Crippen molar-refractivity contribution in [1.82, 2.24) is 4.98 Å². The fraction of sp³-hybridized carbons (Fsp3) is 0.133. The number of rotatable bonds is 6. The van der Waals surface area contributed by atoms with Gasteiger partial charge in [-0.25, -0.2) is 4.98 Å². The van der Waals surface area contributed by atoms with Crippen molar-refractivity contribution in [2.24, 2.45) is 0 Å². The zero-order chi connectivity index (χ0) is 15.1. The third kappa shape index (κ3) is 4.94. The van der Waals surface area contributed by atoms with E-state index in [1.807, 2.05) is 30.3 Å². The van der Waals surface area contributed by atoms with Crippen molar-refractivity contribution in [2.45, 2.75) is 12.8 Å². The highest BCUT2D eigenvalue weighted by atomic mass is 16.5.